The van der Waals surface area contributed by atoms with Crippen LogP contribution in [0.3, 0.4) is 0 Å². The molecule has 2 heterocycles. The molecule has 0 saturated carbocycles. The average Bonchev–Trinajstić information content (AvgIpc) is 2.70. The van der Waals surface area contributed by atoms with Crippen LogP contribution in [0.15, 0.2) is 24.3 Å². The molecule has 0 spiro atoms. The number of methoxy groups -OCH3 is 1. The lowest BCUT2D eigenvalue weighted by Crippen LogP contribution is -2.46. The van der Waals surface area contributed by atoms with Crippen LogP contribution in [0.1, 0.15) is 43.7 Å². The first-order chi connectivity index (χ1) is 13.1. The van der Waals surface area contributed by atoms with E-state index in [9.17, 15) is 9.59 Å². The highest BCUT2D eigenvalue weighted by molar-refractivity contribution is 5.84. The third-order valence-corrected chi connectivity index (χ3v) is 5.91. The average molecular weight is 373 g/mol. The first-order valence-electron chi connectivity index (χ1n) is 9.98. The van der Waals surface area contributed by atoms with Crippen molar-refractivity contribution in [2.24, 2.45) is 11.8 Å². The number of piperidine rings is 2. The fraction of sp³-hybridized carbons (Fsp3) is 0.619. The molecule has 2 amide bonds. The summed E-state index contributed by atoms with van der Waals surface area (Å²) in [5.74, 6) is 1.34. The zero-order chi connectivity index (χ0) is 19.2. The second-order valence-corrected chi connectivity index (χ2v) is 7.66. The number of nitrogens with zero attached hydrogens (tertiary/aromatic N) is 1. The zero-order valence-corrected chi connectivity index (χ0v) is 16.4. The van der Waals surface area contributed by atoms with E-state index >= 15 is 0 Å². The van der Waals surface area contributed by atoms with E-state index in [0.717, 1.165) is 30.8 Å². The van der Waals surface area contributed by atoms with Crippen LogP contribution in [0.25, 0.3) is 0 Å². The van der Waals surface area contributed by atoms with Gasteiger partial charge in [0.25, 0.3) is 0 Å². The van der Waals surface area contributed by atoms with Crippen LogP contribution in [0.5, 0.6) is 5.75 Å². The van der Waals surface area contributed by atoms with Gasteiger partial charge in [-0.1, -0.05) is 12.1 Å². The zero-order valence-electron chi connectivity index (χ0n) is 16.4. The van der Waals surface area contributed by atoms with Crippen LogP contribution in [0, 0.1) is 11.8 Å². The minimum atomic E-state index is -0.228. The Kier molecular flexibility index (Phi) is 6.72. The monoisotopic (exact) mass is 373 g/mol. The van der Waals surface area contributed by atoms with E-state index in [1.54, 1.807) is 19.1 Å². The maximum atomic E-state index is 12.9. The van der Waals surface area contributed by atoms with E-state index < -0.39 is 0 Å². The molecule has 2 saturated heterocycles. The molecule has 2 aliphatic rings. The molecule has 2 aliphatic heterocycles. The summed E-state index contributed by atoms with van der Waals surface area (Å²) >= 11 is 0. The number of ether oxygens (including phenoxy) is 1. The van der Waals surface area contributed by atoms with E-state index in [1.807, 2.05) is 24.3 Å². The van der Waals surface area contributed by atoms with Crippen molar-refractivity contribution in [1.29, 1.82) is 0 Å². The largest absolute Gasteiger partial charge is 0.497 e. The van der Waals surface area contributed by atoms with Gasteiger partial charge >= 0.3 is 0 Å². The van der Waals surface area contributed by atoms with Gasteiger partial charge in [-0.25, -0.2) is 0 Å². The number of rotatable bonds is 6. The van der Waals surface area contributed by atoms with Crippen molar-refractivity contribution < 1.29 is 14.3 Å². The molecule has 2 N–H and O–H groups in total. The van der Waals surface area contributed by atoms with E-state index in [2.05, 4.69) is 10.6 Å². The van der Waals surface area contributed by atoms with Gasteiger partial charge in [-0.05, 0) is 62.4 Å². The molecule has 2 fully saturated rings. The number of hydrogen-bond acceptors (Lipinski definition) is 4. The quantitative estimate of drug-likeness (QED) is 0.801. The number of benzene rings is 1. The Balaban J connectivity index is 1.64. The second kappa shape index (κ2) is 9.22. The number of carbonyl (C=O) groups excluding carboxylic acids is 2. The Labute approximate surface area is 161 Å². The molecule has 0 radical (unpaired) electrons. The van der Waals surface area contributed by atoms with E-state index in [0.29, 0.717) is 25.3 Å². The number of amides is 2. The van der Waals surface area contributed by atoms with Crippen molar-refractivity contribution in [3.8, 4) is 5.75 Å². The Bertz CT molecular complexity index is 641. The number of likely N-dealkylation sites (tertiary alicyclic amines) is 1. The van der Waals surface area contributed by atoms with Gasteiger partial charge in [-0.15, -0.1) is 0 Å². The number of hydrogen-bond donors (Lipinski definition) is 2. The van der Waals surface area contributed by atoms with E-state index in [4.69, 9.17) is 4.74 Å². The minimum absolute atomic E-state index is 0.0546. The van der Waals surface area contributed by atoms with Gasteiger partial charge in [0.05, 0.1) is 19.1 Å². The van der Waals surface area contributed by atoms with Crippen molar-refractivity contribution in [3.63, 3.8) is 0 Å². The van der Waals surface area contributed by atoms with Crippen molar-refractivity contribution in [3.05, 3.63) is 29.8 Å². The first-order valence-corrected chi connectivity index (χ1v) is 9.98. The van der Waals surface area contributed by atoms with Gasteiger partial charge in [0.2, 0.25) is 11.8 Å². The highest BCUT2D eigenvalue weighted by Crippen LogP contribution is 2.36. The van der Waals surface area contributed by atoms with Crippen LogP contribution in [-0.2, 0) is 9.59 Å². The fourth-order valence-corrected chi connectivity index (χ4v) is 4.27. The maximum Gasteiger partial charge on any atom is 0.225 e. The molecule has 1 aromatic carbocycles. The molecular weight excluding hydrogens is 342 g/mol. The highest BCUT2D eigenvalue weighted by atomic mass is 16.5. The fourth-order valence-electron chi connectivity index (χ4n) is 4.27. The highest BCUT2D eigenvalue weighted by Gasteiger charge is 2.38. The standard InChI is InChI=1S/C21H31N3O3/c1-24-19(25)10-9-18(20(24)16-5-7-17(27-2)8-6-16)21(26)23-13-11-15-4-3-12-22-14-15/h5-8,15,18,20,22H,3-4,9-14H2,1-2H3,(H,23,26). The molecule has 6 heteroatoms. The second-order valence-electron chi connectivity index (χ2n) is 7.66. The Morgan fingerprint density at radius 3 is 2.74 bits per heavy atom. The van der Waals surface area contributed by atoms with Crippen molar-refractivity contribution in [2.45, 2.75) is 38.1 Å². The molecule has 3 rings (SSSR count). The lowest BCUT2D eigenvalue weighted by Gasteiger charge is -2.38. The lowest BCUT2D eigenvalue weighted by atomic mass is 9.84. The SMILES string of the molecule is COc1ccc(C2C(C(=O)NCCC3CCCNC3)CCC(=O)N2C)cc1. The maximum absolute atomic E-state index is 12.9. The normalized spacial score (nSPS) is 25.9. The molecule has 3 atom stereocenters. The summed E-state index contributed by atoms with van der Waals surface area (Å²) in [5.41, 5.74) is 0.975. The molecule has 148 valence electrons. The Morgan fingerprint density at radius 2 is 2.07 bits per heavy atom. The van der Waals surface area contributed by atoms with Crippen molar-refractivity contribution >= 4 is 11.8 Å². The van der Waals surface area contributed by atoms with Crippen molar-refractivity contribution in [2.75, 3.05) is 33.8 Å². The van der Waals surface area contributed by atoms with Crippen LogP contribution >= 0.6 is 0 Å². The smallest absolute Gasteiger partial charge is 0.225 e. The summed E-state index contributed by atoms with van der Waals surface area (Å²) in [6, 6.07) is 7.44. The van der Waals surface area contributed by atoms with Crippen LogP contribution in [0.2, 0.25) is 0 Å². The van der Waals surface area contributed by atoms with Gasteiger partial charge in [0, 0.05) is 20.0 Å². The lowest BCUT2D eigenvalue weighted by molar-refractivity contribution is -0.141. The first kappa shape index (κ1) is 19.7. The minimum Gasteiger partial charge on any atom is -0.497 e. The molecule has 1 aromatic rings. The summed E-state index contributed by atoms with van der Waals surface area (Å²) in [7, 11) is 3.42. The number of carbonyl (C=O) groups is 2. The van der Waals surface area contributed by atoms with Gasteiger partial charge in [-0.2, -0.15) is 0 Å². The van der Waals surface area contributed by atoms with Crippen LogP contribution in [-0.4, -0.2) is 50.5 Å². The summed E-state index contributed by atoms with van der Waals surface area (Å²) < 4.78 is 5.22. The molecule has 3 unspecified atom stereocenters. The topological polar surface area (TPSA) is 70.7 Å². The predicted molar refractivity (Wildman–Crippen MR) is 104 cm³/mol. The third-order valence-electron chi connectivity index (χ3n) is 5.91. The summed E-state index contributed by atoms with van der Waals surface area (Å²) in [6.07, 6.45) is 4.48. The van der Waals surface area contributed by atoms with Crippen LogP contribution < -0.4 is 15.4 Å². The Hall–Kier alpha value is -2.08. The summed E-state index contributed by atoms with van der Waals surface area (Å²) in [6.45, 7) is 2.86. The molecule has 6 nitrogen and oxygen atoms in total. The number of nitrogens with one attached hydrogen (secondary N) is 2. The molecule has 0 bridgehead atoms. The van der Waals surface area contributed by atoms with Gasteiger partial charge in [0.1, 0.15) is 5.75 Å². The predicted octanol–water partition coefficient (Wildman–Crippen LogP) is 2.11. The van der Waals surface area contributed by atoms with E-state index in [-0.39, 0.29) is 23.8 Å². The Morgan fingerprint density at radius 1 is 1.30 bits per heavy atom. The van der Waals surface area contributed by atoms with Crippen molar-refractivity contribution in [1.82, 2.24) is 15.5 Å². The van der Waals surface area contributed by atoms with E-state index in [1.165, 1.54) is 12.8 Å². The van der Waals surface area contributed by atoms with Gasteiger partial charge in [0.15, 0.2) is 0 Å². The molecular formula is C21H31N3O3. The van der Waals surface area contributed by atoms with Gasteiger partial charge in [-0.3, -0.25) is 9.59 Å². The summed E-state index contributed by atoms with van der Waals surface area (Å²) in [4.78, 5) is 26.9. The molecule has 0 aliphatic carbocycles. The third kappa shape index (κ3) is 4.80. The van der Waals surface area contributed by atoms with Crippen LogP contribution in [0.4, 0.5) is 0 Å². The van der Waals surface area contributed by atoms with Gasteiger partial charge < -0.3 is 20.3 Å². The molecule has 0 aromatic heterocycles. The summed E-state index contributed by atoms with van der Waals surface area (Å²) in [5, 5.41) is 6.55. The molecule has 27 heavy (non-hydrogen) atoms.